The highest BCUT2D eigenvalue weighted by molar-refractivity contribution is 6.34. The number of hydrogen-bond acceptors (Lipinski definition) is 2. The molecule has 0 spiro atoms. The summed E-state index contributed by atoms with van der Waals surface area (Å²) < 4.78 is 0. The quantitative estimate of drug-likeness (QED) is 0.527. The number of nitrogens with two attached hydrogens (primary N) is 1. The van der Waals surface area contributed by atoms with E-state index in [1.165, 1.54) is 4.90 Å². The maximum Gasteiger partial charge on any atom is 0.320 e. The number of primary amides is 1. The number of nitrogens with zero attached hydrogens (tertiary/aromatic N) is 2. The van der Waals surface area contributed by atoms with Crippen LogP contribution in [0.1, 0.15) is 5.56 Å². The molecule has 0 aliphatic carbocycles. The lowest BCUT2D eigenvalue weighted by Gasteiger charge is -2.18. The molecule has 4 rings (SSSR count). The molecule has 134 valence electrons. The van der Waals surface area contributed by atoms with Crippen LogP contribution in [0.4, 0.5) is 10.6 Å². The molecule has 0 aliphatic rings. The lowest BCUT2D eigenvalue weighted by Crippen LogP contribution is -2.35. The summed E-state index contributed by atoms with van der Waals surface area (Å²) in [6, 6.07) is 22.7. The Morgan fingerprint density at radius 2 is 1.70 bits per heavy atom. The molecule has 0 aliphatic heterocycles. The van der Waals surface area contributed by atoms with E-state index >= 15 is 0 Å². The van der Waals surface area contributed by atoms with Gasteiger partial charge in [-0.25, -0.2) is 4.79 Å². The van der Waals surface area contributed by atoms with Crippen LogP contribution in [0.3, 0.4) is 0 Å². The van der Waals surface area contributed by atoms with Gasteiger partial charge >= 0.3 is 6.03 Å². The van der Waals surface area contributed by atoms with Gasteiger partial charge in [-0.05, 0) is 23.3 Å². The number of fused-ring (bicyclic) bond motifs is 1. The van der Waals surface area contributed by atoms with Crippen LogP contribution in [-0.4, -0.2) is 16.2 Å². The number of anilines is 1. The number of amides is 2. The van der Waals surface area contributed by atoms with Crippen LogP contribution in [0.15, 0.2) is 72.8 Å². The second kappa shape index (κ2) is 7.13. The Labute approximate surface area is 161 Å². The van der Waals surface area contributed by atoms with Gasteiger partial charge in [0.1, 0.15) is 0 Å². The van der Waals surface area contributed by atoms with Crippen LogP contribution in [-0.2, 0) is 6.54 Å². The zero-order valence-corrected chi connectivity index (χ0v) is 15.1. The Morgan fingerprint density at radius 1 is 1.04 bits per heavy atom. The molecule has 4 aromatic rings. The van der Waals surface area contributed by atoms with Crippen molar-refractivity contribution in [3.63, 3.8) is 0 Å². The van der Waals surface area contributed by atoms with E-state index in [0.29, 0.717) is 17.4 Å². The highest BCUT2D eigenvalue weighted by Gasteiger charge is 2.20. The highest BCUT2D eigenvalue weighted by atomic mass is 35.5. The molecule has 0 atom stereocenters. The average molecular weight is 377 g/mol. The topological polar surface area (TPSA) is 75.0 Å². The summed E-state index contributed by atoms with van der Waals surface area (Å²) in [5, 5.41) is 8.67. The van der Waals surface area contributed by atoms with E-state index in [1.54, 1.807) is 0 Å². The largest absolute Gasteiger partial charge is 0.351 e. The van der Waals surface area contributed by atoms with E-state index < -0.39 is 6.03 Å². The Hall–Kier alpha value is -3.31. The predicted molar refractivity (Wildman–Crippen MR) is 109 cm³/mol. The average Bonchev–Trinajstić information content (AvgIpc) is 3.09. The maximum atomic E-state index is 12.1. The number of aromatic nitrogens is 2. The first-order valence-electron chi connectivity index (χ1n) is 8.47. The van der Waals surface area contributed by atoms with Gasteiger partial charge in [0.05, 0.1) is 17.1 Å². The van der Waals surface area contributed by atoms with Crippen LogP contribution < -0.4 is 10.6 Å². The standard InChI is InChI=1S/C21H17ClN4O/c22-18-12-19-17(11-16(18)15-9-5-2-6-10-15)20(25-24-19)26(21(23)27)13-14-7-3-1-4-8-14/h1-12H,13H2,(H2,23,27)(H,24,25). The zero-order valence-electron chi connectivity index (χ0n) is 14.4. The lowest BCUT2D eigenvalue weighted by atomic mass is 10.0. The molecule has 0 fully saturated rings. The fourth-order valence-corrected chi connectivity index (χ4v) is 3.36. The number of nitrogens with one attached hydrogen (secondary N) is 1. The second-order valence-electron chi connectivity index (χ2n) is 6.20. The van der Waals surface area contributed by atoms with Crippen molar-refractivity contribution < 1.29 is 4.79 Å². The van der Waals surface area contributed by atoms with Gasteiger partial charge in [-0.2, -0.15) is 5.10 Å². The molecule has 0 unspecified atom stereocenters. The molecule has 6 heteroatoms. The highest BCUT2D eigenvalue weighted by Crippen LogP contribution is 2.35. The van der Waals surface area contributed by atoms with Crippen molar-refractivity contribution in [1.82, 2.24) is 10.2 Å². The summed E-state index contributed by atoms with van der Waals surface area (Å²) in [5.41, 5.74) is 9.22. The van der Waals surface area contributed by atoms with Gasteiger partial charge in [0.25, 0.3) is 0 Å². The van der Waals surface area contributed by atoms with Gasteiger partial charge in [-0.1, -0.05) is 72.3 Å². The fourth-order valence-electron chi connectivity index (χ4n) is 3.09. The summed E-state index contributed by atoms with van der Waals surface area (Å²) in [5.74, 6) is 0.482. The number of carbonyl (C=O) groups excluding carboxylic acids is 1. The first kappa shape index (κ1) is 17.1. The molecule has 3 N–H and O–H groups in total. The molecule has 0 radical (unpaired) electrons. The predicted octanol–water partition coefficient (Wildman–Crippen LogP) is 4.97. The number of urea groups is 1. The Kier molecular flexibility index (Phi) is 4.52. The first-order chi connectivity index (χ1) is 13.1. The molecule has 0 saturated carbocycles. The molecule has 2 amide bonds. The van der Waals surface area contributed by atoms with E-state index in [2.05, 4.69) is 10.2 Å². The molecule has 0 saturated heterocycles. The number of hydrogen-bond donors (Lipinski definition) is 2. The van der Waals surface area contributed by atoms with E-state index in [4.69, 9.17) is 17.3 Å². The maximum absolute atomic E-state index is 12.1. The molecule has 3 aromatic carbocycles. The smallest absolute Gasteiger partial charge is 0.320 e. The third-order valence-electron chi connectivity index (χ3n) is 4.42. The summed E-state index contributed by atoms with van der Waals surface area (Å²) in [6.07, 6.45) is 0. The van der Waals surface area contributed by atoms with Gasteiger partial charge in [0.15, 0.2) is 5.82 Å². The van der Waals surface area contributed by atoms with Crippen molar-refractivity contribution in [2.75, 3.05) is 4.90 Å². The zero-order chi connectivity index (χ0) is 18.8. The second-order valence-corrected chi connectivity index (χ2v) is 6.61. The third-order valence-corrected chi connectivity index (χ3v) is 4.73. The molecule has 5 nitrogen and oxygen atoms in total. The summed E-state index contributed by atoms with van der Waals surface area (Å²) in [7, 11) is 0. The minimum absolute atomic E-state index is 0.333. The SMILES string of the molecule is NC(=O)N(Cc1ccccc1)c1n[nH]c2cc(Cl)c(-c3ccccc3)cc12. The van der Waals surface area contributed by atoms with Crippen molar-refractivity contribution in [2.24, 2.45) is 5.73 Å². The Balaban J connectivity index is 1.82. The van der Waals surface area contributed by atoms with E-state index in [9.17, 15) is 4.79 Å². The van der Waals surface area contributed by atoms with Crippen LogP contribution in [0.5, 0.6) is 0 Å². The van der Waals surface area contributed by atoms with E-state index in [-0.39, 0.29) is 0 Å². The first-order valence-corrected chi connectivity index (χ1v) is 8.85. The molecule has 27 heavy (non-hydrogen) atoms. The third kappa shape index (κ3) is 3.37. The molecular formula is C21H17ClN4O. The Morgan fingerprint density at radius 3 is 2.37 bits per heavy atom. The van der Waals surface area contributed by atoms with Gasteiger partial charge in [-0.3, -0.25) is 10.00 Å². The van der Waals surface area contributed by atoms with Crippen molar-refractivity contribution >= 4 is 34.4 Å². The number of halogens is 1. The van der Waals surface area contributed by atoms with E-state index in [1.807, 2.05) is 72.8 Å². The van der Waals surface area contributed by atoms with Gasteiger partial charge in [0.2, 0.25) is 0 Å². The Bertz CT molecular complexity index is 1090. The number of rotatable bonds is 4. The summed E-state index contributed by atoms with van der Waals surface area (Å²) >= 11 is 6.47. The number of H-pyrrole nitrogens is 1. The molecule has 1 heterocycles. The van der Waals surface area contributed by atoms with Crippen LogP contribution >= 0.6 is 11.6 Å². The summed E-state index contributed by atoms with van der Waals surface area (Å²) in [6.45, 7) is 0.333. The fraction of sp³-hybridized carbons (Fsp3) is 0.0476. The minimum Gasteiger partial charge on any atom is -0.351 e. The number of aromatic amines is 1. The number of benzene rings is 3. The molecule has 1 aromatic heterocycles. The minimum atomic E-state index is -0.566. The van der Waals surface area contributed by atoms with Crippen LogP contribution in [0, 0.1) is 0 Å². The number of carbonyl (C=O) groups is 1. The van der Waals surface area contributed by atoms with Crippen LogP contribution in [0.25, 0.3) is 22.0 Å². The van der Waals surface area contributed by atoms with Crippen molar-refractivity contribution in [2.45, 2.75) is 6.54 Å². The van der Waals surface area contributed by atoms with Crippen LogP contribution in [0.2, 0.25) is 5.02 Å². The van der Waals surface area contributed by atoms with Crippen molar-refractivity contribution in [3.8, 4) is 11.1 Å². The monoisotopic (exact) mass is 376 g/mol. The molecule has 0 bridgehead atoms. The van der Waals surface area contributed by atoms with Gasteiger partial charge in [0, 0.05) is 10.9 Å². The van der Waals surface area contributed by atoms with Crippen molar-refractivity contribution in [1.29, 1.82) is 0 Å². The molecular weight excluding hydrogens is 360 g/mol. The van der Waals surface area contributed by atoms with Gasteiger partial charge < -0.3 is 5.73 Å². The lowest BCUT2D eigenvalue weighted by molar-refractivity contribution is 0.253. The van der Waals surface area contributed by atoms with E-state index in [0.717, 1.165) is 27.6 Å². The normalized spacial score (nSPS) is 10.9. The van der Waals surface area contributed by atoms with Gasteiger partial charge in [-0.15, -0.1) is 0 Å². The summed E-state index contributed by atoms with van der Waals surface area (Å²) in [4.78, 5) is 13.6. The van der Waals surface area contributed by atoms with Crippen molar-refractivity contribution in [3.05, 3.63) is 83.4 Å².